The van der Waals surface area contributed by atoms with Crippen LogP contribution in [0.4, 0.5) is 0 Å². The standard InChI is InChI=1S/C17H30N2O/c1-4-13(3)19-11-10-16(18-19)12-17(20)15-8-6-14(5-2)7-9-15/h10-11,13-15,17,20H,4-9,12H2,1-3H3. The topological polar surface area (TPSA) is 38.0 Å². The number of aromatic nitrogens is 2. The van der Waals surface area contributed by atoms with Gasteiger partial charge in [-0.2, -0.15) is 5.10 Å². The van der Waals surface area contributed by atoms with Crippen molar-refractivity contribution in [2.45, 2.75) is 77.9 Å². The van der Waals surface area contributed by atoms with E-state index in [0.29, 0.717) is 18.4 Å². The molecule has 0 amide bonds. The Hall–Kier alpha value is -0.830. The van der Waals surface area contributed by atoms with E-state index >= 15 is 0 Å². The third kappa shape index (κ3) is 3.85. The first-order valence-corrected chi connectivity index (χ1v) is 8.36. The van der Waals surface area contributed by atoms with Crippen molar-refractivity contribution in [1.29, 1.82) is 0 Å². The summed E-state index contributed by atoms with van der Waals surface area (Å²) in [6, 6.07) is 2.51. The molecule has 0 radical (unpaired) electrons. The third-order valence-electron chi connectivity index (χ3n) is 5.14. The zero-order chi connectivity index (χ0) is 14.5. The lowest BCUT2D eigenvalue weighted by Gasteiger charge is -2.30. The molecule has 1 N–H and O–H groups in total. The number of rotatable bonds is 6. The summed E-state index contributed by atoms with van der Waals surface area (Å²) in [5.74, 6) is 1.37. The number of hydrogen-bond donors (Lipinski definition) is 1. The molecule has 2 atom stereocenters. The third-order valence-corrected chi connectivity index (χ3v) is 5.14. The highest BCUT2D eigenvalue weighted by atomic mass is 16.3. The zero-order valence-corrected chi connectivity index (χ0v) is 13.3. The molecule has 2 unspecified atom stereocenters. The van der Waals surface area contributed by atoms with Crippen LogP contribution < -0.4 is 0 Å². The van der Waals surface area contributed by atoms with Gasteiger partial charge >= 0.3 is 0 Å². The van der Waals surface area contributed by atoms with E-state index in [1.165, 1.54) is 32.1 Å². The van der Waals surface area contributed by atoms with E-state index in [2.05, 4.69) is 31.9 Å². The Morgan fingerprint density at radius 3 is 2.60 bits per heavy atom. The summed E-state index contributed by atoms with van der Waals surface area (Å²) >= 11 is 0. The maximum Gasteiger partial charge on any atom is 0.0650 e. The number of hydrogen-bond acceptors (Lipinski definition) is 2. The van der Waals surface area contributed by atoms with Crippen molar-refractivity contribution in [2.75, 3.05) is 0 Å². The Morgan fingerprint density at radius 2 is 2.00 bits per heavy atom. The van der Waals surface area contributed by atoms with Crippen LogP contribution in [0.3, 0.4) is 0 Å². The van der Waals surface area contributed by atoms with Gasteiger partial charge in [0.15, 0.2) is 0 Å². The largest absolute Gasteiger partial charge is 0.392 e. The van der Waals surface area contributed by atoms with E-state index in [4.69, 9.17) is 0 Å². The van der Waals surface area contributed by atoms with Crippen molar-refractivity contribution < 1.29 is 5.11 Å². The molecule has 1 saturated carbocycles. The van der Waals surface area contributed by atoms with Crippen molar-refractivity contribution in [3.8, 4) is 0 Å². The van der Waals surface area contributed by atoms with Gasteiger partial charge in [0.05, 0.1) is 11.8 Å². The molecule has 1 aliphatic rings. The van der Waals surface area contributed by atoms with Crippen LogP contribution in [0.15, 0.2) is 12.3 Å². The Labute approximate surface area is 123 Å². The van der Waals surface area contributed by atoms with Gasteiger partial charge in [-0.15, -0.1) is 0 Å². The number of aliphatic hydroxyl groups excluding tert-OH is 1. The molecule has 1 heterocycles. The normalized spacial score (nSPS) is 26.4. The average Bonchev–Trinajstić information content (AvgIpc) is 2.95. The highest BCUT2D eigenvalue weighted by molar-refractivity contribution is 5.02. The molecule has 1 aromatic rings. The van der Waals surface area contributed by atoms with Crippen LogP contribution in [0.1, 0.15) is 71.0 Å². The monoisotopic (exact) mass is 278 g/mol. The van der Waals surface area contributed by atoms with Crippen molar-refractivity contribution in [3.63, 3.8) is 0 Å². The van der Waals surface area contributed by atoms with Crippen LogP contribution in [0, 0.1) is 11.8 Å². The predicted octanol–water partition coefficient (Wildman–Crippen LogP) is 3.97. The summed E-state index contributed by atoms with van der Waals surface area (Å²) in [7, 11) is 0. The van der Waals surface area contributed by atoms with Gasteiger partial charge in [-0.1, -0.05) is 33.1 Å². The minimum Gasteiger partial charge on any atom is -0.392 e. The quantitative estimate of drug-likeness (QED) is 0.855. The Kier molecular flexibility index (Phi) is 5.64. The molecule has 1 aliphatic carbocycles. The Morgan fingerprint density at radius 1 is 1.30 bits per heavy atom. The van der Waals surface area contributed by atoms with Crippen LogP contribution >= 0.6 is 0 Å². The smallest absolute Gasteiger partial charge is 0.0650 e. The summed E-state index contributed by atoms with van der Waals surface area (Å²) in [4.78, 5) is 0. The summed E-state index contributed by atoms with van der Waals surface area (Å²) in [6.07, 6.45) is 9.88. The van der Waals surface area contributed by atoms with Gasteiger partial charge in [0.1, 0.15) is 0 Å². The number of nitrogens with zero attached hydrogens (tertiary/aromatic N) is 2. The molecule has 0 aromatic carbocycles. The lowest BCUT2D eigenvalue weighted by atomic mass is 9.77. The summed E-state index contributed by atoms with van der Waals surface area (Å²) in [6.45, 7) is 6.63. The van der Waals surface area contributed by atoms with Crippen molar-refractivity contribution in [3.05, 3.63) is 18.0 Å². The first-order chi connectivity index (χ1) is 9.63. The molecule has 1 fully saturated rings. The highest BCUT2D eigenvalue weighted by Gasteiger charge is 2.26. The maximum absolute atomic E-state index is 10.4. The summed E-state index contributed by atoms with van der Waals surface area (Å²) < 4.78 is 2.02. The molecular weight excluding hydrogens is 248 g/mol. The van der Waals surface area contributed by atoms with E-state index in [0.717, 1.165) is 18.0 Å². The minimum atomic E-state index is -0.215. The zero-order valence-electron chi connectivity index (χ0n) is 13.3. The molecule has 20 heavy (non-hydrogen) atoms. The second-order valence-electron chi connectivity index (χ2n) is 6.50. The number of aliphatic hydroxyl groups is 1. The molecular formula is C17H30N2O. The second kappa shape index (κ2) is 7.26. The van der Waals surface area contributed by atoms with Gasteiger partial charge in [-0.3, -0.25) is 4.68 Å². The first kappa shape index (κ1) is 15.6. The van der Waals surface area contributed by atoms with Gasteiger partial charge in [0.2, 0.25) is 0 Å². The molecule has 0 saturated heterocycles. The lowest BCUT2D eigenvalue weighted by Crippen LogP contribution is -2.27. The van der Waals surface area contributed by atoms with E-state index < -0.39 is 0 Å². The van der Waals surface area contributed by atoms with Crippen molar-refractivity contribution in [1.82, 2.24) is 9.78 Å². The van der Waals surface area contributed by atoms with E-state index in [9.17, 15) is 5.11 Å². The van der Waals surface area contributed by atoms with Crippen LogP contribution in [-0.2, 0) is 6.42 Å². The van der Waals surface area contributed by atoms with E-state index in [-0.39, 0.29) is 6.10 Å². The lowest BCUT2D eigenvalue weighted by molar-refractivity contribution is 0.0726. The van der Waals surface area contributed by atoms with Gasteiger partial charge in [-0.05, 0) is 44.1 Å². The Balaban J connectivity index is 1.85. The summed E-state index contributed by atoms with van der Waals surface area (Å²) in [5, 5.41) is 15.0. The van der Waals surface area contributed by atoms with Gasteiger partial charge < -0.3 is 5.11 Å². The van der Waals surface area contributed by atoms with Crippen LogP contribution in [0.2, 0.25) is 0 Å². The molecule has 2 rings (SSSR count). The predicted molar refractivity (Wildman–Crippen MR) is 82.7 cm³/mol. The van der Waals surface area contributed by atoms with E-state index in [1.54, 1.807) is 0 Å². The summed E-state index contributed by atoms with van der Waals surface area (Å²) in [5.41, 5.74) is 1.04. The molecule has 0 spiro atoms. The van der Waals surface area contributed by atoms with Gasteiger partial charge in [0.25, 0.3) is 0 Å². The van der Waals surface area contributed by atoms with Crippen LogP contribution in [0.5, 0.6) is 0 Å². The second-order valence-corrected chi connectivity index (χ2v) is 6.50. The van der Waals surface area contributed by atoms with Crippen molar-refractivity contribution in [2.24, 2.45) is 11.8 Å². The molecule has 114 valence electrons. The van der Waals surface area contributed by atoms with Gasteiger partial charge in [-0.25, -0.2) is 0 Å². The highest BCUT2D eigenvalue weighted by Crippen LogP contribution is 2.33. The molecule has 0 aliphatic heterocycles. The fourth-order valence-corrected chi connectivity index (χ4v) is 3.28. The fourth-order valence-electron chi connectivity index (χ4n) is 3.28. The fraction of sp³-hybridized carbons (Fsp3) is 0.824. The SMILES string of the molecule is CCC1CCC(C(O)Cc2ccn(C(C)CC)n2)CC1. The minimum absolute atomic E-state index is 0.215. The Bertz CT molecular complexity index is 393. The maximum atomic E-state index is 10.4. The van der Waals surface area contributed by atoms with E-state index in [1.807, 2.05) is 10.9 Å². The molecule has 1 aromatic heterocycles. The molecule has 0 bridgehead atoms. The molecule has 3 nitrogen and oxygen atoms in total. The van der Waals surface area contributed by atoms with Crippen LogP contribution in [-0.4, -0.2) is 21.0 Å². The van der Waals surface area contributed by atoms with Crippen molar-refractivity contribution >= 4 is 0 Å². The molecule has 3 heteroatoms. The average molecular weight is 278 g/mol. The van der Waals surface area contributed by atoms with Crippen LogP contribution in [0.25, 0.3) is 0 Å². The van der Waals surface area contributed by atoms with Gasteiger partial charge in [0, 0.05) is 18.7 Å². The first-order valence-electron chi connectivity index (χ1n) is 8.36.